The molecule has 0 rings (SSSR count). The van der Waals surface area contributed by atoms with Crippen molar-refractivity contribution >= 4 is 37.0 Å². The monoisotopic (exact) mass is 216 g/mol. The summed E-state index contributed by atoms with van der Waals surface area (Å²) >= 11 is 0. The zero-order valence-electron chi connectivity index (χ0n) is 5.98. The topological polar surface area (TPSA) is 36.4 Å². The molecule has 0 saturated carbocycles. The van der Waals surface area contributed by atoms with Crippen LogP contribution in [0, 0.1) is 0 Å². The molecule has 0 aliphatic heterocycles. The van der Waals surface area contributed by atoms with Crippen LogP contribution < -0.4 is 17.0 Å². The predicted molar refractivity (Wildman–Crippen MR) is 37.7 cm³/mol. The van der Waals surface area contributed by atoms with Crippen molar-refractivity contribution in [3.05, 3.63) is 5.53 Å². The Morgan fingerprint density at radius 2 is 1.67 bits per heavy atom. The first-order chi connectivity index (χ1) is 3.06. The zero-order chi connectivity index (χ0) is 5.91. The average Bonchev–Trinajstić information content (AvgIpc) is 1.30. The number of hydrogen-bond acceptors (Lipinski definition) is 0. The number of rotatable bonds is 1. The summed E-state index contributed by atoms with van der Waals surface area (Å²) in [6, 6.07) is 0. The van der Waals surface area contributed by atoms with Gasteiger partial charge >= 0.3 is 23.1 Å². The minimum absolute atomic E-state index is 0. The van der Waals surface area contributed by atoms with Gasteiger partial charge in [0.2, 0.25) is 0 Å². The normalized spacial score (nSPS) is 7.89. The third-order valence-corrected chi connectivity index (χ3v) is 1.16. The SMILES string of the molecule is C[Si](C)(C)[C-]=[N+]=[N-].[Br-].[Mg+2]. The van der Waals surface area contributed by atoms with Crippen molar-refractivity contribution in [1.29, 1.82) is 0 Å². The molecule has 0 bridgehead atoms. The molecule has 0 spiro atoms. The van der Waals surface area contributed by atoms with E-state index in [1.807, 2.05) is 19.6 Å². The van der Waals surface area contributed by atoms with Crippen LogP contribution in [0.1, 0.15) is 0 Å². The van der Waals surface area contributed by atoms with Crippen LogP contribution in [-0.4, -0.2) is 41.8 Å². The van der Waals surface area contributed by atoms with Gasteiger partial charge in [-0.05, 0) is 8.07 Å². The van der Waals surface area contributed by atoms with E-state index in [0.717, 1.165) is 0 Å². The first-order valence-electron chi connectivity index (χ1n) is 2.17. The Bertz CT molecular complexity index is 106. The van der Waals surface area contributed by atoms with Gasteiger partial charge in [0.05, 0.1) is 0 Å². The summed E-state index contributed by atoms with van der Waals surface area (Å²) in [4.78, 5) is 2.82. The van der Waals surface area contributed by atoms with Crippen LogP contribution in [0.5, 0.6) is 0 Å². The maximum atomic E-state index is 7.95. The quantitative estimate of drug-likeness (QED) is 0.155. The van der Waals surface area contributed by atoms with Gasteiger partial charge < -0.3 is 27.3 Å². The molecule has 0 aromatic carbocycles. The first-order valence-corrected chi connectivity index (χ1v) is 5.67. The Morgan fingerprint density at radius 1 is 1.33 bits per heavy atom. The number of halogens is 1. The fourth-order valence-corrected chi connectivity index (χ4v) is 0.450. The van der Waals surface area contributed by atoms with Crippen LogP contribution in [0.3, 0.4) is 0 Å². The summed E-state index contributed by atoms with van der Waals surface area (Å²) in [5.74, 6) is 2.60. The molecule has 0 atom stereocenters. The number of hydrogen-bond donors (Lipinski definition) is 0. The molecule has 2 nitrogen and oxygen atoms in total. The fourth-order valence-electron chi connectivity index (χ4n) is 0.150. The molecule has 0 fully saturated rings. The van der Waals surface area contributed by atoms with Crippen molar-refractivity contribution in [3.8, 4) is 0 Å². The standard InChI is InChI=1S/C4H9N2Si.BrH.Mg/c1-7(2,3)4-6-5;;/h1-3H3;1H;/q-1;;+2/p-1. The van der Waals surface area contributed by atoms with Crippen molar-refractivity contribution in [1.82, 2.24) is 0 Å². The molecule has 0 N–H and O–H groups in total. The van der Waals surface area contributed by atoms with E-state index in [1.54, 1.807) is 0 Å². The van der Waals surface area contributed by atoms with Crippen LogP contribution in [0.15, 0.2) is 0 Å². The van der Waals surface area contributed by atoms with E-state index in [1.165, 1.54) is 0 Å². The second kappa shape index (κ2) is 6.96. The molecule has 9 heavy (non-hydrogen) atoms. The van der Waals surface area contributed by atoms with Gasteiger partial charge in [-0.2, -0.15) is 0 Å². The summed E-state index contributed by atoms with van der Waals surface area (Å²) < 4.78 is 0. The van der Waals surface area contributed by atoms with Gasteiger partial charge in [-0.1, -0.05) is 25.5 Å². The maximum Gasteiger partial charge on any atom is 2.00 e. The van der Waals surface area contributed by atoms with E-state index >= 15 is 0 Å². The molecule has 5 heteroatoms. The summed E-state index contributed by atoms with van der Waals surface area (Å²) in [6.07, 6.45) is 0. The minimum Gasteiger partial charge on any atom is -1.00 e. The van der Waals surface area contributed by atoms with Gasteiger partial charge in [0.25, 0.3) is 0 Å². The Labute approximate surface area is 83.6 Å². The van der Waals surface area contributed by atoms with Gasteiger partial charge in [0.1, 0.15) is 0 Å². The van der Waals surface area contributed by atoms with E-state index in [-0.39, 0.29) is 40.0 Å². The summed E-state index contributed by atoms with van der Waals surface area (Å²) in [5, 5.41) is 0. The Kier molecular flexibility index (Phi) is 12.7. The van der Waals surface area contributed by atoms with E-state index in [9.17, 15) is 0 Å². The first kappa shape index (κ1) is 16.4. The van der Waals surface area contributed by atoms with Crippen molar-refractivity contribution < 1.29 is 21.8 Å². The Hall–Kier alpha value is 0.843. The predicted octanol–water partition coefficient (Wildman–Crippen LogP) is -2.34. The van der Waals surface area contributed by atoms with Gasteiger partial charge in [-0.15, -0.1) is 0 Å². The molecule has 0 aliphatic rings. The minimum atomic E-state index is -1.32. The van der Waals surface area contributed by atoms with Crippen LogP contribution in [0.2, 0.25) is 19.6 Å². The molecule has 0 saturated heterocycles. The number of nitrogens with zero attached hydrogens (tertiary/aromatic N) is 2. The van der Waals surface area contributed by atoms with Gasteiger partial charge in [0.15, 0.2) is 0 Å². The van der Waals surface area contributed by atoms with E-state index < -0.39 is 8.07 Å². The van der Waals surface area contributed by atoms with Gasteiger partial charge in [-0.25, -0.2) is 0 Å². The van der Waals surface area contributed by atoms with Crippen molar-refractivity contribution in [2.45, 2.75) is 19.6 Å². The molecule has 48 valence electrons. The largest absolute Gasteiger partial charge is 2.00 e. The van der Waals surface area contributed by atoms with Crippen LogP contribution in [-0.2, 0) is 0 Å². The molecular formula is C4H9BrMgN2Si. The second-order valence-electron chi connectivity index (χ2n) is 2.46. The van der Waals surface area contributed by atoms with Crippen LogP contribution >= 0.6 is 0 Å². The summed E-state index contributed by atoms with van der Waals surface area (Å²) in [7, 11) is -1.32. The third-order valence-electron chi connectivity index (χ3n) is 0.385. The molecule has 0 aliphatic carbocycles. The van der Waals surface area contributed by atoms with Crippen LogP contribution in [0.25, 0.3) is 5.53 Å². The Morgan fingerprint density at radius 3 is 1.67 bits per heavy atom. The second-order valence-corrected chi connectivity index (χ2v) is 7.19. The van der Waals surface area contributed by atoms with E-state index in [4.69, 9.17) is 5.53 Å². The molecule has 0 radical (unpaired) electrons. The molecule has 0 aromatic heterocycles. The Balaban J connectivity index is -0.000000180. The molecule has 0 heterocycles. The molecular weight excluding hydrogens is 208 g/mol. The van der Waals surface area contributed by atoms with Gasteiger partial charge in [-0.3, -0.25) is 0 Å². The third kappa shape index (κ3) is 17.7. The molecule has 0 unspecified atom stereocenters. The smallest absolute Gasteiger partial charge is 1.00 e. The molecule has 0 amide bonds. The van der Waals surface area contributed by atoms with Gasteiger partial charge in [0, 0.05) is 0 Å². The maximum absolute atomic E-state index is 7.95. The van der Waals surface area contributed by atoms with Crippen LogP contribution in [0.4, 0.5) is 0 Å². The average molecular weight is 217 g/mol. The van der Waals surface area contributed by atoms with Crippen molar-refractivity contribution in [2.75, 3.05) is 0 Å². The zero-order valence-corrected chi connectivity index (χ0v) is 9.98. The van der Waals surface area contributed by atoms with Crippen molar-refractivity contribution in [3.63, 3.8) is 0 Å². The van der Waals surface area contributed by atoms with E-state index in [2.05, 4.69) is 10.6 Å². The summed E-state index contributed by atoms with van der Waals surface area (Å²) in [5.41, 5.74) is 7.95. The fraction of sp³-hybridized carbons (Fsp3) is 0.750. The van der Waals surface area contributed by atoms with E-state index in [0.29, 0.717) is 0 Å². The van der Waals surface area contributed by atoms with Crippen molar-refractivity contribution in [2.24, 2.45) is 0 Å². The summed E-state index contributed by atoms with van der Waals surface area (Å²) in [6.45, 7) is 6.14. The molecule has 0 aromatic rings.